The van der Waals surface area contributed by atoms with Crippen LogP contribution < -0.4 is 5.32 Å². The predicted octanol–water partition coefficient (Wildman–Crippen LogP) is 3.18. The molecule has 1 amide bonds. The van der Waals surface area contributed by atoms with Gasteiger partial charge in [-0.15, -0.1) is 0 Å². The third-order valence-corrected chi connectivity index (χ3v) is 3.30. The molecular weight excluding hydrogens is 250 g/mol. The highest BCUT2D eigenvalue weighted by Gasteiger charge is 2.09. The average molecular weight is 271 g/mol. The fourth-order valence-electron chi connectivity index (χ4n) is 2.09. The second-order valence-corrected chi connectivity index (χ2v) is 5.03. The van der Waals surface area contributed by atoms with Crippen molar-refractivity contribution in [3.63, 3.8) is 0 Å². The zero-order valence-corrected chi connectivity index (χ0v) is 12.0. The molecule has 0 spiro atoms. The number of imidazole rings is 1. The van der Waals surface area contributed by atoms with Gasteiger partial charge in [-0.1, -0.05) is 19.8 Å². The monoisotopic (exact) mass is 271 g/mol. The van der Waals surface area contributed by atoms with E-state index in [1.807, 2.05) is 42.0 Å². The van der Waals surface area contributed by atoms with Crippen molar-refractivity contribution in [2.24, 2.45) is 0 Å². The van der Waals surface area contributed by atoms with E-state index >= 15 is 0 Å². The number of unbranched alkanes of at least 4 members (excludes halogenated alkanes) is 1. The number of nitrogens with zero attached hydrogens (tertiary/aromatic N) is 2. The first-order valence-corrected chi connectivity index (χ1v) is 7.10. The number of rotatable bonds is 6. The maximum Gasteiger partial charge on any atom is 0.251 e. The van der Waals surface area contributed by atoms with Gasteiger partial charge in [0.2, 0.25) is 0 Å². The van der Waals surface area contributed by atoms with Crippen molar-refractivity contribution in [2.75, 3.05) is 0 Å². The Bertz CT molecular complexity index is 531. The summed E-state index contributed by atoms with van der Waals surface area (Å²) in [7, 11) is 0. The second-order valence-electron chi connectivity index (χ2n) is 5.03. The van der Waals surface area contributed by atoms with Gasteiger partial charge in [0.15, 0.2) is 0 Å². The molecule has 0 aliphatic heterocycles. The van der Waals surface area contributed by atoms with Crippen molar-refractivity contribution in [1.82, 2.24) is 14.9 Å². The molecule has 0 bridgehead atoms. The third-order valence-electron chi connectivity index (χ3n) is 3.30. The quantitative estimate of drug-likeness (QED) is 0.877. The highest BCUT2D eigenvalue weighted by Crippen LogP contribution is 2.10. The Morgan fingerprint density at radius 2 is 2.10 bits per heavy atom. The molecule has 0 aliphatic carbocycles. The van der Waals surface area contributed by atoms with Gasteiger partial charge in [0, 0.05) is 29.7 Å². The van der Waals surface area contributed by atoms with E-state index in [2.05, 4.69) is 17.2 Å². The molecule has 106 valence electrons. The summed E-state index contributed by atoms with van der Waals surface area (Å²) < 4.78 is 1.91. The van der Waals surface area contributed by atoms with E-state index in [9.17, 15) is 4.79 Å². The molecule has 0 saturated carbocycles. The molecule has 1 unspecified atom stereocenters. The average Bonchev–Trinajstić information content (AvgIpc) is 2.99. The molecule has 1 heterocycles. The lowest BCUT2D eigenvalue weighted by atomic mass is 10.1. The minimum Gasteiger partial charge on any atom is -0.350 e. The summed E-state index contributed by atoms with van der Waals surface area (Å²) in [6.45, 7) is 4.21. The number of carbonyl (C=O) groups excluding carboxylic acids is 1. The van der Waals surface area contributed by atoms with Crippen LogP contribution in [0.2, 0.25) is 0 Å². The van der Waals surface area contributed by atoms with Gasteiger partial charge in [-0.3, -0.25) is 4.79 Å². The van der Waals surface area contributed by atoms with Gasteiger partial charge >= 0.3 is 0 Å². The topological polar surface area (TPSA) is 46.9 Å². The molecule has 0 aliphatic rings. The Kier molecular flexibility index (Phi) is 4.93. The van der Waals surface area contributed by atoms with Crippen LogP contribution >= 0.6 is 0 Å². The summed E-state index contributed by atoms with van der Waals surface area (Å²) in [6.07, 6.45) is 8.66. The maximum atomic E-state index is 12.1. The van der Waals surface area contributed by atoms with Gasteiger partial charge in [0.25, 0.3) is 5.91 Å². The van der Waals surface area contributed by atoms with Crippen molar-refractivity contribution >= 4 is 5.91 Å². The predicted molar refractivity (Wildman–Crippen MR) is 80.0 cm³/mol. The molecule has 4 nitrogen and oxygen atoms in total. The summed E-state index contributed by atoms with van der Waals surface area (Å²) in [5.41, 5.74) is 1.69. The zero-order valence-electron chi connectivity index (χ0n) is 12.0. The van der Waals surface area contributed by atoms with Crippen LogP contribution in [-0.2, 0) is 0 Å². The fraction of sp³-hybridized carbons (Fsp3) is 0.375. The van der Waals surface area contributed by atoms with E-state index in [4.69, 9.17) is 0 Å². The standard InChI is InChI=1S/C16H21N3O/c1-3-4-5-13(2)18-16(20)14-6-8-15(9-7-14)19-11-10-17-12-19/h6-13H,3-5H2,1-2H3,(H,18,20). The normalized spacial score (nSPS) is 12.1. The van der Waals surface area contributed by atoms with Gasteiger partial charge in [-0.25, -0.2) is 4.98 Å². The van der Waals surface area contributed by atoms with Crippen LogP contribution in [0, 0.1) is 0 Å². The SMILES string of the molecule is CCCCC(C)NC(=O)c1ccc(-n2ccnc2)cc1. The first-order chi connectivity index (χ1) is 9.70. The number of amides is 1. The molecule has 0 radical (unpaired) electrons. The van der Waals surface area contributed by atoms with Gasteiger partial charge < -0.3 is 9.88 Å². The Balaban J connectivity index is 1.97. The Morgan fingerprint density at radius 3 is 2.70 bits per heavy atom. The lowest BCUT2D eigenvalue weighted by Crippen LogP contribution is -2.32. The van der Waals surface area contributed by atoms with Crippen LogP contribution in [0.1, 0.15) is 43.5 Å². The van der Waals surface area contributed by atoms with E-state index in [-0.39, 0.29) is 11.9 Å². The van der Waals surface area contributed by atoms with Crippen molar-refractivity contribution in [2.45, 2.75) is 39.2 Å². The Hall–Kier alpha value is -2.10. The summed E-state index contributed by atoms with van der Waals surface area (Å²) in [4.78, 5) is 16.1. The highest BCUT2D eigenvalue weighted by molar-refractivity contribution is 5.94. The van der Waals surface area contributed by atoms with E-state index in [0.29, 0.717) is 5.56 Å². The van der Waals surface area contributed by atoms with Crippen molar-refractivity contribution < 1.29 is 4.79 Å². The Labute approximate surface area is 119 Å². The van der Waals surface area contributed by atoms with Crippen molar-refractivity contribution in [3.05, 3.63) is 48.5 Å². The fourth-order valence-corrected chi connectivity index (χ4v) is 2.09. The molecule has 2 aromatic rings. The van der Waals surface area contributed by atoms with Gasteiger partial charge in [-0.05, 0) is 37.6 Å². The highest BCUT2D eigenvalue weighted by atomic mass is 16.1. The molecular formula is C16H21N3O. The number of nitrogens with one attached hydrogen (secondary N) is 1. The maximum absolute atomic E-state index is 12.1. The summed E-state index contributed by atoms with van der Waals surface area (Å²) in [6, 6.07) is 7.76. The van der Waals surface area contributed by atoms with Crippen LogP contribution in [0.3, 0.4) is 0 Å². The lowest BCUT2D eigenvalue weighted by molar-refractivity contribution is 0.0938. The van der Waals surface area contributed by atoms with Gasteiger partial charge in [0.1, 0.15) is 0 Å². The molecule has 4 heteroatoms. The number of benzene rings is 1. The van der Waals surface area contributed by atoms with E-state index in [0.717, 1.165) is 24.9 Å². The molecule has 20 heavy (non-hydrogen) atoms. The second kappa shape index (κ2) is 6.89. The molecule has 0 saturated heterocycles. The van der Waals surface area contributed by atoms with Gasteiger partial charge in [0.05, 0.1) is 6.33 Å². The van der Waals surface area contributed by atoms with Crippen LogP contribution in [0.25, 0.3) is 5.69 Å². The van der Waals surface area contributed by atoms with Crippen LogP contribution in [0.4, 0.5) is 0 Å². The van der Waals surface area contributed by atoms with Crippen molar-refractivity contribution in [1.29, 1.82) is 0 Å². The van der Waals surface area contributed by atoms with E-state index in [1.165, 1.54) is 0 Å². The van der Waals surface area contributed by atoms with Crippen molar-refractivity contribution in [3.8, 4) is 5.69 Å². The summed E-state index contributed by atoms with van der Waals surface area (Å²) >= 11 is 0. The van der Waals surface area contributed by atoms with Crippen LogP contribution in [-0.4, -0.2) is 21.5 Å². The molecule has 1 aromatic carbocycles. The third kappa shape index (κ3) is 3.70. The van der Waals surface area contributed by atoms with Crippen LogP contribution in [0.15, 0.2) is 43.0 Å². The van der Waals surface area contributed by atoms with Gasteiger partial charge in [-0.2, -0.15) is 0 Å². The number of hydrogen-bond acceptors (Lipinski definition) is 2. The van der Waals surface area contributed by atoms with E-state index in [1.54, 1.807) is 12.5 Å². The molecule has 0 fully saturated rings. The minimum absolute atomic E-state index is 0.00853. The largest absolute Gasteiger partial charge is 0.350 e. The summed E-state index contributed by atoms with van der Waals surface area (Å²) in [5.74, 6) is -0.00853. The molecule has 2 rings (SSSR count). The smallest absolute Gasteiger partial charge is 0.251 e. The Morgan fingerprint density at radius 1 is 1.35 bits per heavy atom. The number of carbonyl (C=O) groups is 1. The van der Waals surface area contributed by atoms with Crippen LogP contribution in [0.5, 0.6) is 0 Å². The lowest BCUT2D eigenvalue weighted by Gasteiger charge is -2.13. The number of aromatic nitrogens is 2. The first kappa shape index (κ1) is 14.3. The minimum atomic E-state index is -0.00853. The zero-order chi connectivity index (χ0) is 14.4. The summed E-state index contributed by atoms with van der Waals surface area (Å²) in [5, 5.41) is 3.03. The van der Waals surface area contributed by atoms with E-state index < -0.39 is 0 Å². The first-order valence-electron chi connectivity index (χ1n) is 7.10. The number of hydrogen-bond donors (Lipinski definition) is 1. The molecule has 1 N–H and O–H groups in total. The molecule has 1 aromatic heterocycles. The molecule has 1 atom stereocenters.